The van der Waals surface area contributed by atoms with Crippen LogP contribution in [0.25, 0.3) is 0 Å². The number of carbonyl (C=O) groups is 2. The van der Waals surface area contributed by atoms with Crippen LogP contribution in [0.15, 0.2) is 42.5 Å². The highest BCUT2D eigenvalue weighted by molar-refractivity contribution is 5.95. The molecule has 0 spiro atoms. The SMILES string of the molecule is CCc1ccc(CNC(=O)[C@@H]2CCCN(C(=O)c3cc(C)cc(C)c3)C2)cc1. The van der Waals surface area contributed by atoms with Crippen molar-refractivity contribution < 1.29 is 9.59 Å². The number of nitrogens with zero attached hydrogens (tertiary/aromatic N) is 1. The van der Waals surface area contributed by atoms with Crippen molar-refractivity contribution in [3.63, 3.8) is 0 Å². The predicted molar refractivity (Wildman–Crippen MR) is 112 cm³/mol. The average Bonchev–Trinajstić information content (AvgIpc) is 2.71. The second-order valence-electron chi connectivity index (χ2n) is 7.85. The van der Waals surface area contributed by atoms with Crippen LogP contribution in [0, 0.1) is 19.8 Å². The normalized spacial score (nSPS) is 16.7. The van der Waals surface area contributed by atoms with E-state index in [1.807, 2.05) is 30.9 Å². The van der Waals surface area contributed by atoms with Gasteiger partial charge in [0.15, 0.2) is 0 Å². The summed E-state index contributed by atoms with van der Waals surface area (Å²) in [5, 5.41) is 3.05. The van der Waals surface area contributed by atoms with Crippen molar-refractivity contribution in [1.29, 1.82) is 0 Å². The molecule has 1 fully saturated rings. The van der Waals surface area contributed by atoms with E-state index in [2.05, 4.69) is 42.6 Å². The van der Waals surface area contributed by atoms with Gasteiger partial charge in [-0.05, 0) is 56.4 Å². The molecule has 4 nitrogen and oxygen atoms in total. The molecule has 1 heterocycles. The second kappa shape index (κ2) is 9.05. The summed E-state index contributed by atoms with van der Waals surface area (Å²) in [7, 11) is 0. The molecular formula is C24H30N2O2. The van der Waals surface area contributed by atoms with Crippen molar-refractivity contribution in [2.75, 3.05) is 13.1 Å². The zero-order valence-electron chi connectivity index (χ0n) is 17.1. The van der Waals surface area contributed by atoms with E-state index in [-0.39, 0.29) is 17.7 Å². The third kappa shape index (κ3) is 5.00. The van der Waals surface area contributed by atoms with Gasteiger partial charge >= 0.3 is 0 Å². The molecule has 0 aromatic heterocycles. The topological polar surface area (TPSA) is 49.4 Å². The molecule has 1 aliphatic rings. The van der Waals surface area contributed by atoms with Gasteiger partial charge in [-0.2, -0.15) is 0 Å². The summed E-state index contributed by atoms with van der Waals surface area (Å²) in [5.74, 6) is -0.0736. The number of piperidine rings is 1. The molecule has 1 N–H and O–H groups in total. The molecule has 1 aliphatic heterocycles. The molecule has 0 radical (unpaired) electrons. The number of carbonyl (C=O) groups excluding carboxylic acids is 2. The number of amides is 2. The Hall–Kier alpha value is -2.62. The van der Waals surface area contributed by atoms with Crippen LogP contribution >= 0.6 is 0 Å². The Morgan fingerprint density at radius 3 is 2.32 bits per heavy atom. The lowest BCUT2D eigenvalue weighted by atomic mass is 9.96. The van der Waals surface area contributed by atoms with Crippen LogP contribution in [-0.4, -0.2) is 29.8 Å². The Labute approximate surface area is 167 Å². The Bertz CT molecular complexity index is 822. The van der Waals surface area contributed by atoms with E-state index in [0.29, 0.717) is 19.6 Å². The van der Waals surface area contributed by atoms with Gasteiger partial charge in [0, 0.05) is 25.2 Å². The number of hydrogen-bond donors (Lipinski definition) is 1. The third-order valence-electron chi connectivity index (χ3n) is 5.45. The van der Waals surface area contributed by atoms with Gasteiger partial charge in [0.05, 0.1) is 5.92 Å². The second-order valence-corrected chi connectivity index (χ2v) is 7.85. The fourth-order valence-electron chi connectivity index (χ4n) is 3.88. The summed E-state index contributed by atoms with van der Waals surface area (Å²) in [6.07, 6.45) is 2.70. The molecule has 2 amide bonds. The molecule has 28 heavy (non-hydrogen) atoms. The quantitative estimate of drug-likeness (QED) is 0.854. The van der Waals surface area contributed by atoms with E-state index in [1.54, 1.807) is 0 Å². The van der Waals surface area contributed by atoms with E-state index in [9.17, 15) is 9.59 Å². The number of aryl methyl sites for hydroxylation is 3. The van der Waals surface area contributed by atoms with Gasteiger partial charge in [-0.25, -0.2) is 0 Å². The number of likely N-dealkylation sites (tertiary alicyclic amines) is 1. The van der Waals surface area contributed by atoms with Crippen molar-refractivity contribution in [3.8, 4) is 0 Å². The zero-order valence-corrected chi connectivity index (χ0v) is 17.1. The monoisotopic (exact) mass is 378 g/mol. The molecule has 2 aromatic rings. The molecule has 1 atom stereocenters. The van der Waals surface area contributed by atoms with Crippen LogP contribution in [0.1, 0.15) is 52.4 Å². The maximum atomic E-state index is 12.9. The van der Waals surface area contributed by atoms with Gasteiger partial charge in [-0.3, -0.25) is 9.59 Å². The third-order valence-corrected chi connectivity index (χ3v) is 5.45. The number of hydrogen-bond acceptors (Lipinski definition) is 2. The molecule has 4 heteroatoms. The van der Waals surface area contributed by atoms with Crippen molar-refractivity contribution in [2.45, 2.75) is 46.6 Å². The largest absolute Gasteiger partial charge is 0.352 e. The van der Waals surface area contributed by atoms with Gasteiger partial charge in [-0.1, -0.05) is 48.4 Å². The minimum absolute atomic E-state index is 0.0273. The molecule has 0 saturated carbocycles. The van der Waals surface area contributed by atoms with Gasteiger partial charge in [0.25, 0.3) is 5.91 Å². The molecule has 0 aliphatic carbocycles. The minimum atomic E-state index is -0.140. The number of rotatable bonds is 5. The lowest BCUT2D eigenvalue weighted by Gasteiger charge is -2.32. The summed E-state index contributed by atoms with van der Waals surface area (Å²) < 4.78 is 0. The standard InChI is InChI=1S/C24H30N2O2/c1-4-19-7-9-20(10-8-19)15-25-23(27)21-6-5-11-26(16-21)24(28)22-13-17(2)12-18(3)14-22/h7-10,12-14,21H,4-6,11,15-16H2,1-3H3,(H,25,27)/t21-/m1/s1. The van der Waals surface area contributed by atoms with Crippen molar-refractivity contribution >= 4 is 11.8 Å². The maximum absolute atomic E-state index is 12.9. The first-order chi connectivity index (χ1) is 13.5. The molecule has 1 saturated heterocycles. The minimum Gasteiger partial charge on any atom is -0.352 e. The highest BCUT2D eigenvalue weighted by Gasteiger charge is 2.28. The van der Waals surface area contributed by atoms with Gasteiger partial charge in [0.1, 0.15) is 0 Å². The highest BCUT2D eigenvalue weighted by atomic mass is 16.2. The van der Waals surface area contributed by atoms with E-state index in [4.69, 9.17) is 0 Å². The molecule has 3 rings (SSSR count). The molecule has 0 unspecified atom stereocenters. The first-order valence-electron chi connectivity index (χ1n) is 10.2. The van der Waals surface area contributed by atoms with Crippen LogP contribution in [-0.2, 0) is 17.8 Å². The van der Waals surface area contributed by atoms with E-state index in [1.165, 1.54) is 5.56 Å². The molecule has 0 bridgehead atoms. The van der Waals surface area contributed by atoms with E-state index in [0.717, 1.165) is 41.5 Å². The smallest absolute Gasteiger partial charge is 0.253 e. The lowest BCUT2D eigenvalue weighted by molar-refractivity contribution is -0.126. The van der Waals surface area contributed by atoms with Crippen LogP contribution in [0.3, 0.4) is 0 Å². The Morgan fingerprint density at radius 1 is 1.04 bits per heavy atom. The first-order valence-corrected chi connectivity index (χ1v) is 10.2. The Balaban J connectivity index is 1.58. The summed E-state index contributed by atoms with van der Waals surface area (Å²) >= 11 is 0. The van der Waals surface area contributed by atoms with Crippen molar-refractivity contribution in [2.24, 2.45) is 5.92 Å². The van der Waals surface area contributed by atoms with Crippen LogP contribution in [0.5, 0.6) is 0 Å². The maximum Gasteiger partial charge on any atom is 0.253 e. The molecule has 2 aromatic carbocycles. The number of benzene rings is 2. The fraction of sp³-hybridized carbons (Fsp3) is 0.417. The summed E-state index contributed by atoms with van der Waals surface area (Å²) in [6, 6.07) is 14.3. The van der Waals surface area contributed by atoms with Gasteiger partial charge < -0.3 is 10.2 Å². The van der Waals surface area contributed by atoms with E-state index >= 15 is 0 Å². The Kier molecular flexibility index (Phi) is 6.50. The van der Waals surface area contributed by atoms with Crippen LogP contribution in [0.4, 0.5) is 0 Å². The molecular weight excluding hydrogens is 348 g/mol. The van der Waals surface area contributed by atoms with Crippen LogP contribution < -0.4 is 5.32 Å². The lowest BCUT2D eigenvalue weighted by Crippen LogP contribution is -2.45. The molecule has 148 valence electrons. The van der Waals surface area contributed by atoms with Crippen molar-refractivity contribution in [1.82, 2.24) is 10.2 Å². The fourth-order valence-corrected chi connectivity index (χ4v) is 3.88. The van der Waals surface area contributed by atoms with Crippen molar-refractivity contribution in [3.05, 3.63) is 70.3 Å². The Morgan fingerprint density at radius 2 is 1.68 bits per heavy atom. The van der Waals surface area contributed by atoms with Crippen LogP contribution in [0.2, 0.25) is 0 Å². The summed E-state index contributed by atoms with van der Waals surface area (Å²) in [5.41, 5.74) is 5.29. The van der Waals surface area contributed by atoms with Gasteiger partial charge in [-0.15, -0.1) is 0 Å². The predicted octanol–water partition coefficient (Wildman–Crippen LogP) is 4.03. The average molecular weight is 379 g/mol. The van der Waals surface area contributed by atoms with E-state index < -0.39 is 0 Å². The number of nitrogens with one attached hydrogen (secondary N) is 1. The summed E-state index contributed by atoms with van der Waals surface area (Å²) in [6.45, 7) is 7.88. The highest BCUT2D eigenvalue weighted by Crippen LogP contribution is 2.20. The zero-order chi connectivity index (χ0) is 20.1. The van der Waals surface area contributed by atoms with Gasteiger partial charge in [0.2, 0.25) is 5.91 Å². The first kappa shape index (κ1) is 20.1. The summed E-state index contributed by atoms with van der Waals surface area (Å²) in [4.78, 5) is 27.4.